The predicted octanol–water partition coefficient (Wildman–Crippen LogP) is 3.00. The molecule has 0 amide bonds. The Morgan fingerprint density at radius 3 is 2.42 bits per heavy atom. The monoisotopic (exact) mass is 225 g/mol. The molecule has 68 valence electrons. The van der Waals surface area contributed by atoms with Crippen LogP contribution in [0, 0.1) is 0 Å². The molecule has 2 N–H and O–H groups in total. The fraction of sp³-hybridized carbons (Fsp3) is 0.250. The summed E-state index contributed by atoms with van der Waals surface area (Å²) in [6.07, 6.45) is 0. The van der Waals surface area contributed by atoms with Gasteiger partial charge in [-0.2, -0.15) is 0 Å². The van der Waals surface area contributed by atoms with Crippen molar-refractivity contribution >= 4 is 35.6 Å². The van der Waals surface area contributed by atoms with Crippen LogP contribution in [-0.4, -0.2) is 5.88 Å². The van der Waals surface area contributed by atoms with E-state index in [0.29, 0.717) is 10.9 Å². The lowest BCUT2D eigenvalue weighted by atomic mass is 10.1. The van der Waals surface area contributed by atoms with Gasteiger partial charge in [-0.1, -0.05) is 29.8 Å². The minimum atomic E-state index is -0.162. The molecule has 0 spiro atoms. The Morgan fingerprint density at radius 2 is 1.92 bits per heavy atom. The highest BCUT2D eigenvalue weighted by atomic mass is 35.5. The molecule has 0 aliphatic heterocycles. The van der Waals surface area contributed by atoms with Crippen LogP contribution in [0.4, 0.5) is 0 Å². The summed E-state index contributed by atoms with van der Waals surface area (Å²) in [5, 5.41) is 0.681. The number of hydrogen-bond donors (Lipinski definition) is 1. The molecule has 0 saturated heterocycles. The van der Waals surface area contributed by atoms with Crippen molar-refractivity contribution in [2.45, 2.75) is 6.04 Å². The first-order valence-corrected chi connectivity index (χ1v) is 4.23. The van der Waals surface area contributed by atoms with Crippen LogP contribution in [0.25, 0.3) is 0 Å². The second-order valence-corrected chi connectivity index (χ2v) is 3.00. The lowest BCUT2D eigenvalue weighted by molar-refractivity contribution is 0.827. The molecular formula is C8H10Cl3N. The van der Waals surface area contributed by atoms with Crippen LogP contribution in [0.3, 0.4) is 0 Å². The van der Waals surface area contributed by atoms with Gasteiger partial charge in [-0.25, -0.2) is 0 Å². The average Bonchev–Trinajstić information content (AvgIpc) is 2.04. The van der Waals surface area contributed by atoms with Crippen molar-refractivity contribution in [2.24, 2.45) is 5.73 Å². The second kappa shape index (κ2) is 5.65. The molecule has 4 heteroatoms. The van der Waals surface area contributed by atoms with Gasteiger partial charge in [0, 0.05) is 16.9 Å². The molecule has 0 aliphatic rings. The summed E-state index contributed by atoms with van der Waals surface area (Å²) in [5.74, 6) is 0.393. The molecule has 12 heavy (non-hydrogen) atoms. The molecule has 0 aliphatic carbocycles. The van der Waals surface area contributed by atoms with Gasteiger partial charge in [0.1, 0.15) is 0 Å². The van der Waals surface area contributed by atoms with Gasteiger partial charge in [0.25, 0.3) is 0 Å². The third kappa shape index (κ3) is 2.83. The summed E-state index contributed by atoms with van der Waals surface area (Å²) in [7, 11) is 0. The van der Waals surface area contributed by atoms with E-state index in [-0.39, 0.29) is 18.4 Å². The number of nitrogens with two attached hydrogens (primary N) is 1. The molecule has 1 atom stereocenters. The summed E-state index contributed by atoms with van der Waals surface area (Å²) in [6, 6.07) is 7.30. The van der Waals surface area contributed by atoms with Crippen molar-refractivity contribution in [2.75, 3.05) is 5.88 Å². The first kappa shape index (κ1) is 12.0. The molecule has 0 fully saturated rings. The molecule has 1 aromatic rings. The molecule has 0 aromatic heterocycles. The van der Waals surface area contributed by atoms with Crippen LogP contribution < -0.4 is 5.73 Å². The molecule has 1 aromatic carbocycles. The van der Waals surface area contributed by atoms with Crippen molar-refractivity contribution in [3.63, 3.8) is 0 Å². The Morgan fingerprint density at radius 1 is 1.33 bits per heavy atom. The number of rotatable bonds is 2. The third-order valence-electron chi connectivity index (χ3n) is 1.47. The van der Waals surface area contributed by atoms with Gasteiger partial charge in [-0.3, -0.25) is 0 Å². The highest BCUT2D eigenvalue weighted by Crippen LogP contribution is 2.21. The third-order valence-corrected chi connectivity index (χ3v) is 2.15. The molecular weight excluding hydrogens is 216 g/mol. The zero-order chi connectivity index (χ0) is 8.27. The van der Waals surface area contributed by atoms with E-state index in [1.54, 1.807) is 0 Å². The lowest BCUT2D eigenvalue weighted by Gasteiger charge is -2.08. The first-order valence-electron chi connectivity index (χ1n) is 3.31. The Bertz CT molecular complexity index is 239. The summed E-state index contributed by atoms with van der Waals surface area (Å²) in [6.45, 7) is 0. The molecule has 0 heterocycles. The summed E-state index contributed by atoms with van der Waals surface area (Å²) in [4.78, 5) is 0. The summed E-state index contributed by atoms with van der Waals surface area (Å²) < 4.78 is 0. The number of hydrogen-bond acceptors (Lipinski definition) is 1. The minimum absolute atomic E-state index is 0. The smallest absolute Gasteiger partial charge is 0.0454 e. The number of benzene rings is 1. The van der Waals surface area contributed by atoms with Gasteiger partial charge < -0.3 is 5.73 Å². The number of alkyl halides is 1. The first-order chi connectivity index (χ1) is 5.25. The van der Waals surface area contributed by atoms with Gasteiger partial charge in [0.2, 0.25) is 0 Å². The Balaban J connectivity index is 0.00000121. The Hall–Kier alpha value is 0.0500. The second-order valence-electron chi connectivity index (χ2n) is 2.28. The quantitative estimate of drug-likeness (QED) is 0.771. The maximum atomic E-state index is 5.86. The molecule has 0 saturated carbocycles. The van der Waals surface area contributed by atoms with E-state index in [4.69, 9.17) is 28.9 Å². The molecule has 0 bridgehead atoms. The topological polar surface area (TPSA) is 26.0 Å². The van der Waals surface area contributed by atoms with Crippen molar-refractivity contribution in [3.05, 3.63) is 34.9 Å². The SMILES string of the molecule is Cl.NC(CCl)c1ccccc1Cl. The van der Waals surface area contributed by atoms with Gasteiger partial charge in [-0.05, 0) is 11.6 Å². The van der Waals surface area contributed by atoms with Crippen LogP contribution in [0.15, 0.2) is 24.3 Å². The zero-order valence-corrected chi connectivity index (χ0v) is 8.66. The number of halogens is 3. The van der Waals surface area contributed by atoms with Gasteiger partial charge in [0.05, 0.1) is 0 Å². The van der Waals surface area contributed by atoms with Gasteiger partial charge in [0.15, 0.2) is 0 Å². The molecule has 0 radical (unpaired) electrons. The maximum absolute atomic E-state index is 5.86. The van der Waals surface area contributed by atoms with E-state index in [1.165, 1.54) is 0 Å². The Labute approximate surface area is 88.3 Å². The highest BCUT2D eigenvalue weighted by molar-refractivity contribution is 6.31. The molecule has 1 unspecified atom stereocenters. The van der Waals surface area contributed by atoms with Crippen molar-refractivity contribution < 1.29 is 0 Å². The van der Waals surface area contributed by atoms with Crippen LogP contribution in [0.1, 0.15) is 11.6 Å². The fourth-order valence-electron chi connectivity index (χ4n) is 0.859. The minimum Gasteiger partial charge on any atom is -0.323 e. The van der Waals surface area contributed by atoms with E-state index in [1.807, 2.05) is 24.3 Å². The normalized spacial score (nSPS) is 11.9. The van der Waals surface area contributed by atoms with Crippen molar-refractivity contribution in [1.82, 2.24) is 0 Å². The van der Waals surface area contributed by atoms with Crippen LogP contribution in [0.2, 0.25) is 5.02 Å². The fourth-order valence-corrected chi connectivity index (χ4v) is 1.30. The predicted molar refractivity (Wildman–Crippen MR) is 56.3 cm³/mol. The van der Waals surface area contributed by atoms with Gasteiger partial charge >= 0.3 is 0 Å². The Kier molecular flexibility index (Phi) is 5.68. The van der Waals surface area contributed by atoms with Crippen molar-refractivity contribution in [1.29, 1.82) is 0 Å². The molecule has 1 nitrogen and oxygen atoms in total. The zero-order valence-electron chi connectivity index (χ0n) is 6.34. The van der Waals surface area contributed by atoms with E-state index in [2.05, 4.69) is 0 Å². The molecule has 1 rings (SSSR count). The van der Waals surface area contributed by atoms with Crippen LogP contribution >= 0.6 is 35.6 Å². The average molecular weight is 227 g/mol. The van der Waals surface area contributed by atoms with Crippen LogP contribution in [-0.2, 0) is 0 Å². The largest absolute Gasteiger partial charge is 0.323 e. The lowest BCUT2D eigenvalue weighted by Crippen LogP contribution is -2.11. The maximum Gasteiger partial charge on any atom is 0.0454 e. The van der Waals surface area contributed by atoms with Crippen LogP contribution in [0.5, 0.6) is 0 Å². The van der Waals surface area contributed by atoms with E-state index < -0.39 is 0 Å². The van der Waals surface area contributed by atoms with Crippen molar-refractivity contribution in [3.8, 4) is 0 Å². The van der Waals surface area contributed by atoms with Gasteiger partial charge in [-0.15, -0.1) is 24.0 Å². The standard InChI is InChI=1S/C8H9Cl2N.ClH/c9-5-8(11)6-3-1-2-4-7(6)10;/h1-4,8H,5,11H2;1H. The summed E-state index contributed by atoms with van der Waals surface area (Å²) >= 11 is 11.4. The van der Waals surface area contributed by atoms with E-state index in [0.717, 1.165) is 5.56 Å². The summed E-state index contributed by atoms with van der Waals surface area (Å²) in [5.41, 5.74) is 6.59. The van der Waals surface area contributed by atoms with E-state index >= 15 is 0 Å². The van der Waals surface area contributed by atoms with E-state index in [9.17, 15) is 0 Å². The highest BCUT2D eigenvalue weighted by Gasteiger charge is 2.06.